The number of carbonyl (C=O) groups is 1. The first-order chi connectivity index (χ1) is 15.4. The monoisotopic (exact) mass is 442 g/mol. The Bertz CT molecular complexity index is 1150. The van der Waals surface area contributed by atoms with Crippen molar-refractivity contribution < 1.29 is 18.3 Å². The van der Waals surface area contributed by atoms with Crippen molar-refractivity contribution in [2.45, 2.75) is 32.2 Å². The van der Waals surface area contributed by atoms with E-state index in [2.05, 4.69) is 20.3 Å². The van der Waals surface area contributed by atoms with E-state index in [9.17, 15) is 13.6 Å². The summed E-state index contributed by atoms with van der Waals surface area (Å²) in [6.45, 7) is 5.75. The molecule has 2 aliphatic heterocycles. The summed E-state index contributed by atoms with van der Waals surface area (Å²) in [6.07, 6.45) is 2.74. The van der Waals surface area contributed by atoms with Crippen LogP contribution < -0.4 is 10.2 Å². The number of hydrogen-bond acceptors (Lipinski definition) is 5. The molecule has 0 unspecified atom stereocenters. The summed E-state index contributed by atoms with van der Waals surface area (Å²) in [7, 11) is 0. The van der Waals surface area contributed by atoms with Gasteiger partial charge in [0, 0.05) is 30.4 Å². The van der Waals surface area contributed by atoms with Crippen molar-refractivity contribution in [2.75, 3.05) is 36.4 Å². The van der Waals surface area contributed by atoms with Gasteiger partial charge in [0.15, 0.2) is 5.65 Å². The molecule has 2 aromatic heterocycles. The number of fused-ring (bicyclic) bond motifs is 1. The number of alkyl halides is 1. The number of pyridine rings is 1. The van der Waals surface area contributed by atoms with Crippen molar-refractivity contribution in [2.24, 2.45) is 0 Å². The maximum absolute atomic E-state index is 14.6. The van der Waals surface area contributed by atoms with Crippen molar-refractivity contribution in [3.8, 4) is 5.69 Å². The molecule has 2 amide bonds. The Morgan fingerprint density at radius 3 is 2.62 bits per heavy atom. The van der Waals surface area contributed by atoms with Crippen LogP contribution in [0.5, 0.6) is 0 Å². The van der Waals surface area contributed by atoms with Gasteiger partial charge in [-0.2, -0.15) is 0 Å². The molecule has 5 rings (SSSR count). The summed E-state index contributed by atoms with van der Waals surface area (Å²) in [6, 6.07) is 5.79. The number of hydrogen-bond donors (Lipinski definition) is 1. The van der Waals surface area contributed by atoms with Crippen LogP contribution in [0.3, 0.4) is 0 Å². The molecule has 0 aliphatic carbocycles. The lowest BCUT2D eigenvalue weighted by atomic mass is 10.2. The Hall–Kier alpha value is -3.27. The van der Waals surface area contributed by atoms with Crippen LogP contribution in [0.15, 0.2) is 36.7 Å². The molecule has 0 bridgehead atoms. The van der Waals surface area contributed by atoms with Crippen molar-refractivity contribution in [1.29, 1.82) is 0 Å². The van der Waals surface area contributed by atoms with Gasteiger partial charge >= 0.3 is 6.03 Å². The first-order valence-corrected chi connectivity index (χ1v) is 10.6. The number of anilines is 2. The maximum atomic E-state index is 14.6. The summed E-state index contributed by atoms with van der Waals surface area (Å²) >= 11 is 0. The Morgan fingerprint density at radius 2 is 1.91 bits per heavy atom. The lowest BCUT2D eigenvalue weighted by Gasteiger charge is -2.36. The van der Waals surface area contributed by atoms with Crippen LogP contribution in [0.1, 0.15) is 13.8 Å². The average Bonchev–Trinajstić information content (AvgIpc) is 3.15. The molecule has 2 atom stereocenters. The van der Waals surface area contributed by atoms with Gasteiger partial charge in [0.05, 0.1) is 37.2 Å². The molecular formula is C22H24F2N6O2. The smallest absolute Gasteiger partial charge is 0.322 e. The Labute approximate surface area is 183 Å². The number of likely N-dealkylation sites (tertiary alicyclic amines) is 1. The topological polar surface area (TPSA) is 75.5 Å². The van der Waals surface area contributed by atoms with E-state index in [1.807, 2.05) is 19.9 Å². The number of carbonyl (C=O) groups excluding carboxylic acids is 1. The summed E-state index contributed by atoms with van der Waals surface area (Å²) in [5.41, 5.74) is 2.04. The second-order valence-electron chi connectivity index (χ2n) is 8.44. The third kappa shape index (κ3) is 3.97. The predicted molar refractivity (Wildman–Crippen MR) is 117 cm³/mol. The van der Waals surface area contributed by atoms with Crippen LogP contribution in [0.2, 0.25) is 0 Å². The van der Waals surface area contributed by atoms with Crippen molar-refractivity contribution in [3.05, 3.63) is 42.5 Å². The van der Waals surface area contributed by atoms with Gasteiger partial charge in [0.2, 0.25) is 0 Å². The van der Waals surface area contributed by atoms with E-state index in [1.54, 1.807) is 12.4 Å². The van der Waals surface area contributed by atoms with Gasteiger partial charge in [-0.1, -0.05) is 0 Å². The zero-order valence-corrected chi connectivity index (χ0v) is 17.8. The first-order valence-electron chi connectivity index (χ1n) is 10.6. The molecule has 168 valence electrons. The van der Waals surface area contributed by atoms with Gasteiger partial charge in [-0.05, 0) is 38.1 Å². The minimum Gasteiger partial charge on any atom is -0.372 e. The largest absolute Gasteiger partial charge is 0.372 e. The number of rotatable bonds is 3. The molecule has 2 saturated heterocycles. The molecule has 32 heavy (non-hydrogen) atoms. The highest BCUT2D eigenvalue weighted by Gasteiger charge is 2.30. The fraction of sp³-hybridized carbons (Fsp3) is 0.409. The summed E-state index contributed by atoms with van der Waals surface area (Å²) in [5.74, 6) is -0.486. The van der Waals surface area contributed by atoms with E-state index >= 15 is 0 Å². The molecule has 2 fully saturated rings. The summed E-state index contributed by atoms with van der Waals surface area (Å²) in [5, 5.41) is 7.85. The number of ether oxygens (including phenoxy) is 1. The molecule has 3 aromatic rings. The van der Waals surface area contributed by atoms with E-state index in [1.165, 1.54) is 27.8 Å². The molecule has 0 radical (unpaired) electrons. The van der Waals surface area contributed by atoms with Gasteiger partial charge in [0.1, 0.15) is 17.7 Å². The van der Waals surface area contributed by atoms with Crippen molar-refractivity contribution >= 4 is 28.4 Å². The van der Waals surface area contributed by atoms with Gasteiger partial charge < -0.3 is 19.9 Å². The van der Waals surface area contributed by atoms with E-state index in [0.717, 1.165) is 24.2 Å². The SMILES string of the molecule is C[C@H]1CN(c2cnc3nn(-c4cc(NC(=O)N5CC(F)C5)ccc4F)cc3c2)C[C@H](C)O1. The van der Waals surface area contributed by atoms with Crippen molar-refractivity contribution in [1.82, 2.24) is 19.7 Å². The lowest BCUT2D eigenvalue weighted by Crippen LogP contribution is -2.53. The van der Waals surface area contributed by atoms with Crippen LogP contribution in [0.4, 0.5) is 25.0 Å². The molecule has 10 heteroatoms. The second kappa shape index (κ2) is 8.01. The van der Waals surface area contributed by atoms with Crippen LogP contribution in [0, 0.1) is 5.82 Å². The highest BCUT2D eigenvalue weighted by Crippen LogP contribution is 2.26. The van der Waals surface area contributed by atoms with Crippen molar-refractivity contribution in [3.63, 3.8) is 0 Å². The fourth-order valence-electron chi connectivity index (χ4n) is 4.15. The number of nitrogens with one attached hydrogen (secondary N) is 1. The van der Waals surface area contributed by atoms with Crippen LogP contribution in [-0.4, -0.2) is 70.3 Å². The highest BCUT2D eigenvalue weighted by molar-refractivity contribution is 5.90. The average molecular weight is 442 g/mol. The Balaban J connectivity index is 1.40. The molecule has 1 aromatic carbocycles. The normalized spacial score (nSPS) is 21.6. The zero-order chi connectivity index (χ0) is 22.4. The van der Waals surface area contributed by atoms with Crippen LogP contribution >= 0.6 is 0 Å². The van der Waals surface area contributed by atoms with E-state index in [0.29, 0.717) is 11.3 Å². The first kappa shape index (κ1) is 20.6. The lowest BCUT2D eigenvalue weighted by molar-refractivity contribution is -0.00522. The molecule has 2 aliphatic rings. The Morgan fingerprint density at radius 1 is 1.16 bits per heavy atom. The third-order valence-electron chi connectivity index (χ3n) is 5.70. The number of halogens is 2. The molecule has 8 nitrogen and oxygen atoms in total. The van der Waals surface area contributed by atoms with Gasteiger partial charge in [-0.3, -0.25) is 0 Å². The molecule has 0 spiro atoms. The maximum Gasteiger partial charge on any atom is 0.322 e. The molecular weight excluding hydrogens is 418 g/mol. The summed E-state index contributed by atoms with van der Waals surface area (Å²) < 4.78 is 34.8. The van der Waals surface area contributed by atoms with Gasteiger partial charge in [-0.25, -0.2) is 23.2 Å². The minimum absolute atomic E-state index is 0.0686. The zero-order valence-electron chi connectivity index (χ0n) is 17.8. The second-order valence-corrected chi connectivity index (χ2v) is 8.44. The van der Waals surface area contributed by atoms with Crippen LogP contribution in [0.25, 0.3) is 16.7 Å². The third-order valence-corrected chi connectivity index (χ3v) is 5.70. The predicted octanol–water partition coefficient (Wildman–Crippen LogP) is 3.36. The van der Waals surface area contributed by atoms with Gasteiger partial charge in [-0.15, -0.1) is 5.10 Å². The number of aromatic nitrogens is 3. The number of amides is 2. The van der Waals surface area contributed by atoms with Crippen LogP contribution in [-0.2, 0) is 4.74 Å². The molecule has 4 heterocycles. The number of urea groups is 1. The molecule has 1 N–H and O–H groups in total. The Kier molecular flexibility index (Phi) is 5.16. The fourth-order valence-corrected chi connectivity index (χ4v) is 4.15. The number of morpholine rings is 1. The number of benzene rings is 1. The number of nitrogens with zero attached hydrogens (tertiary/aromatic N) is 5. The minimum atomic E-state index is -0.984. The van der Waals surface area contributed by atoms with E-state index in [4.69, 9.17) is 4.74 Å². The van der Waals surface area contributed by atoms with E-state index < -0.39 is 18.0 Å². The molecule has 0 saturated carbocycles. The standard InChI is InChI=1S/C22H24F2N6O2/c1-13-8-28(9-14(2)32-13)18-5-15-10-30(27-21(15)25-7-18)20-6-17(3-4-19(20)24)26-22(31)29-11-16(23)12-29/h3-7,10,13-14,16H,8-9,11-12H2,1-2H3,(H,26,31)/t13-,14-/m0/s1. The van der Waals surface area contributed by atoms with Gasteiger partial charge in [0.25, 0.3) is 0 Å². The highest BCUT2D eigenvalue weighted by atomic mass is 19.1. The van der Waals surface area contributed by atoms with E-state index in [-0.39, 0.29) is 31.0 Å². The quantitative estimate of drug-likeness (QED) is 0.673. The summed E-state index contributed by atoms with van der Waals surface area (Å²) in [4.78, 5) is 20.2.